The number of carbonyl (C=O) groups excluding carboxylic acids is 1. The fourth-order valence-electron chi connectivity index (χ4n) is 2.26. The van der Waals surface area contributed by atoms with Crippen LogP contribution in [0.2, 0.25) is 0 Å². The SMILES string of the molecule is CCc1cc(C(=O)N2CCCC(N)C2)n(C)n1. The van der Waals surface area contributed by atoms with Gasteiger partial charge >= 0.3 is 0 Å². The summed E-state index contributed by atoms with van der Waals surface area (Å²) in [4.78, 5) is 14.1. The number of hydrogen-bond acceptors (Lipinski definition) is 3. The van der Waals surface area contributed by atoms with Crippen molar-refractivity contribution in [2.45, 2.75) is 32.2 Å². The van der Waals surface area contributed by atoms with Gasteiger partial charge in [0.25, 0.3) is 5.91 Å². The number of nitrogens with zero attached hydrogens (tertiary/aromatic N) is 3. The standard InChI is InChI=1S/C12H20N4O/c1-3-10-7-11(15(2)14-10)12(17)16-6-4-5-9(13)8-16/h7,9H,3-6,8,13H2,1-2H3. The van der Waals surface area contributed by atoms with E-state index in [-0.39, 0.29) is 11.9 Å². The zero-order chi connectivity index (χ0) is 12.4. The van der Waals surface area contributed by atoms with Gasteiger partial charge in [-0.05, 0) is 25.3 Å². The lowest BCUT2D eigenvalue weighted by Crippen LogP contribution is -2.46. The van der Waals surface area contributed by atoms with E-state index in [9.17, 15) is 4.79 Å². The number of carbonyl (C=O) groups is 1. The van der Waals surface area contributed by atoms with Crippen molar-refractivity contribution >= 4 is 5.91 Å². The van der Waals surface area contributed by atoms with Crippen LogP contribution in [0, 0.1) is 0 Å². The molecule has 1 atom stereocenters. The van der Waals surface area contributed by atoms with Gasteiger partial charge in [0.05, 0.1) is 5.69 Å². The molecule has 0 bridgehead atoms. The first kappa shape index (κ1) is 12.1. The molecule has 1 fully saturated rings. The molecule has 0 aliphatic carbocycles. The molecule has 1 aromatic heterocycles. The van der Waals surface area contributed by atoms with E-state index < -0.39 is 0 Å². The molecule has 1 aliphatic rings. The summed E-state index contributed by atoms with van der Waals surface area (Å²) in [6.45, 7) is 3.50. The summed E-state index contributed by atoms with van der Waals surface area (Å²) >= 11 is 0. The first-order valence-electron chi connectivity index (χ1n) is 6.19. The minimum Gasteiger partial charge on any atom is -0.336 e. The Morgan fingerprint density at radius 2 is 2.41 bits per heavy atom. The second kappa shape index (κ2) is 4.87. The van der Waals surface area contributed by atoms with E-state index in [4.69, 9.17) is 5.73 Å². The molecule has 2 N–H and O–H groups in total. The Bertz CT molecular complexity index is 413. The number of aromatic nitrogens is 2. The summed E-state index contributed by atoms with van der Waals surface area (Å²) in [5.74, 6) is 0.0508. The van der Waals surface area contributed by atoms with E-state index in [1.807, 2.05) is 24.9 Å². The number of rotatable bonds is 2. The summed E-state index contributed by atoms with van der Waals surface area (Å²) in [6, 6.07) is 1.99. The molecule has 1 saturated heterocycles. The molecule has 1 aliphatic heterocycles. The Morgan fingerprint density at radius 1 is 1.65 bits per heavy atom. The molecule has 2 heterocycles. The lowest BCUT2D eigenvalue weighted by Gasteiger charge is -2.30. The molecule has 0 radical (unpaired) electrons. The Hall–Kier alpha value is -1.36. The van der Waals surface area contributed by atoms with Gasteiger partial charge in [0.2, 0.25) is 0 Å². The van der Waals surface area contributed by atoms with E-state index in [2.05, 4.69) is 5.10 Å². The van der Waals surface area contributed by atoms with E-state index in [0.29, 0.717) is 12.2 Å². The number of nitrogens with two attached hydrogens (primary N) is 1. The van der Waals surface area contributed by atoms with Crippen molar-refractivity contribution in [3.8, 4) is 0 Å². The average Bonchev–Trinajstić information content (AvgIpc) is 2.69. The molecule has 5 nitrogen and oxygen atoms in total. The minimum atomic E-state index is 0.0508. The van der Waals surface area contributed by atoms with Crippen molar-refractivity contribution in [1.82, 2.24) is 14.7 Å². The van der Waals surface area contributed by atoms with Crippen LogP contribution in [-0.2, 0) is 13.5 Å². The van der Waals surface area contributed by atoms with Crippen molar-refractivity contribution in [3.05, 3.63) is 17.5 Å². The van der Waals surface area contributed by atoms with Gasteiger partial charge in [-0.3, -0.25) is 9.48 Å². The highest BCUT2D eigenvalue weighted by atomic mass is 16.2. The maximum absolute atomic E-state index is 12.3. The maximum Gasteiger partial charge on any atom is 0.272 e. The highest BCUT2D eigenvalue weighted by molar-refractivity contribution is 5.92. The van der Waals surface area contributed by atoms with Crippen LogP contribution in [0.1, 0.15) is 35.9 Å². The van der Waals surface area contributed by atoms with E-state index in [1.54, 1.807) is 4.68 Å². The fourth-order valence-corrected chi connectivity index (χ4v) is 2.26. The molecule has 1 amide bonds. The van der Waals surface area contributed by atoms with Gasteiger partial charge in [-0.1, -0.05) is 6.92 Å². The predicted octanol–water partition coefficient (Wildman–Crippen LogP) is 0.546. The number of aryl methyl sites for hydroxylation is 2. The zero-order valence-corrected chi connectivity index (χ0v) is 10.5. The van der Waals surface area contributed by atoms with Crippen LogP contribution in [0.5, 0.6) is 0 Å². The van der Waals surface area contributed by atoms with Crippen LogP contribution >= 0.6 is 0 Å². The van der Waals surface area contributed by atoms with E-state index in [0.717, 1.165) is 31.5 Å². The van der Waals surface area contributed by atoms with Crippen LogP contribution in [-0.4, -0.2) is 39.7 Å². The smallest absolute Gasteiger partial charge is 0.272 e. The molecule has 2 rings (SSSR count). The summed E-state index contributed by atoms with van der Waals surface area (Å²) in [5, 5.41) is 4.30. The third-order valence-electron chi connectivity index (χ3n) is 3.26. The van der Waals surface area contributed by atoms with Crippen molar-refractivity contribution in [2.75, 3.05) is 13.1 Å². The monoisotopic (exact) mass is 236 g/mol. The van der Waals surface area contributed by atoms with Crippen molar-refractivity contribution < 1.29 is 4.79 Å². The minimum absolute atomic E-state index is 0.0508. The van der Waals surface area contributed by atoms with Crippen molar-refractivity contribution in [1.29, 1.82) is 0 Å². The second-order valence-electron chi connectivity index (χ2n) is 4.65. The molecule has 5 heteroatoms. The first-order chi connectivity index (χ1) is 8.11. The lowest BCUT2D eigenvalue weighted by atomic mass is 10.1. The maximum atomic E-state index is 12.3. The van der Waals surface area contributed by atoms with Crippen LogP contribution < -0.4 is 5.73 Å². The van der Waals surface area contributed by atoms with Crippen molar-refractivity contribution in [2.24, 2.45) is 12.8 Å². The normalized spacial score (nSPS) is 20.6. The van der Waals surface area contributed by atoms with Gasteiger partial charge in [-0.2, -0.15) is 5.10 Å². The van der Waals surface area contributed by atoms with Gasteiger partial charge in [0, 0.05) is 26.2 Å². The number of piperidine rings is 1. The van der Waals surface area contributed by atoms with Crippen LogP contribution in [0.25, 0.3) is 0 Å². The lowest BCUT2D eigenvalue weighted by molar-refractivity contribution is 0.0697. The zero-order valence-electron chi connectivity index (χ0n) is 10.5. The molecular weight excluding hydrogens is 216 g/mol. The Labute approximate surface area is 102 Å². The molecule has 94 valence electrons. The second-order valence-corrected chi connectivity index (χ2v) is 4.65. The molecule has 0 saturated carbocycles. The predicted molar refractivity (Wildman–Crippen MR) is 65.7 cm³/mol. The van der Waals surface area contributed by atoms with Crippen LogP contribution in [0.3, 0.4) is 0 Å². The highest BCUT2D eigenvalue weighted by Crippen LogP contribution is 2.13. The Morgan fingerprint density at radius 3 is 3.00 bits per heavy atom. The third-order valence-corrected chi connectivity index (χ3v) is 3.26. The number of amides is 1. The summed E-state index contributed by atoms with van der Waals surface area (Å²) in [5.41, 5.74) is 7.51. The van der Waals surface area contributed by atoms with Gasteiger partial charge in [0.15, 0.2) is 0 Å². The largest absolute Gasteiger partial charge is 0.336 e. The molecule has 1 unspecified atom stereocenters. The topological polar surface area (TPSA) is 64.2 Å². The molecule has 0 aromatic carbocycles. The third kappa shape index (κ3) is 2.49. The highest BCUT2D eigenvalue weighted by Gasteiger charge is 2.24. The van der Waals surface area contributed by atoms with Gasteiger partial charge in [-0.15, -0.1) is 0 Å². The number of hydrogen-bond donors (Lipinski definition) is 1. The Balaban J connectivity index is 2.15. The molecule has 0 spiro atoms. The molecule has 1 aromatic rings. The van der Waals surface area contributed by atoms with Crippen molar-refractivity contribution in [3.63, 3.8) is 0 Å². The van der Waals surface area contributed by atoms with E-state index in [1.165, 1.54) is 0 Å². The first-order valence-corrected chi connectivity index (χ1v) is 6.19. The van der Waals surface area contributed by atoms with Crippen LogP contribution in [0.4, 0.5) is 0 Å². The summed E-state index contributed by atoms with van der Waals surface area (Å²) < 4.78 is 1.67. The number of likely N-dealkylation sites (tertiary alicyclic amines) is 1. The van der Waals surface area contributed by atoms with Gasteiger partial charge < -0.3 is 10.6 Å². The average molecular weight is 236 g/mol. The Kier molecular flexibility index (Phi) is 3.47. The van der Waals surface area contributed by atoms with Gasteiger partial charge in [0.1, 0.15) is 5.69 Å². The summed E-state index contributed by atoms with van der Waals surface area (Å²) in [6.07, 6.45) is 2.85. The molecular formula is C12H20N4O. The quantitative estimate of drug-likeness (QED) is 0.815. The van der Waals surface area contributed by atoms with Gasteiger partial charge in [-0.25, -0.2) is 0 Å². The molecule has 17 heavy (non-hydrogen) atoms. The van der Waals surface area contributed by atoms with Crippen LogP contribution in [0.15, 0.2) is 6.07 Å². The van der Waals surface area contributed by atoms with E-state index >= 15 is 0 Å². The summed E-state index contributed by atoms with van der Waals surface area (Å²) in [7, 11) is 1.82. The fraction of sp³-hybridized carbons (Fsp3) is 0.667.